The van der Waals surface area contributed by atoms with Gasteiger partial charge in [0.15, 0.2) is 0 Å². The maximum absolute atomic E-state index is 12.4. The first-order valence-corrected chi connectivity index (χ1v) is 9.49. The molecule has 0 bridgehead atoms. The number of aromatic nitrogens is 2. The van der Waals surface area contributed by atoms with Crippen molar-refractivity contribution in [3.63, 3.8) is 0 Å². The molecule has 1 heterocycles. The van der Waals surface area contributed by atoms with Crippen LogP contribution in [-0.2, 0) is 6.42 Å². The number of nitrogens with zero attached hydrogens (tertiary/aromatic N) is 2. The lowest BCUT2D eigenvalue weighted by Gasteiger charge is -2.25. The Morgan fingerprint density at radius 3 is 3.15 bits per heavy atom. The summed E-state index contributed by atoms with van der Waals surface area (Å²) in [6, 6.07) is 13.8. The van der Waals surface area contributed by atoms with E-state index in [1.807, 2.05) is 18.2 Å². The maximum Gasteiger partial charge on any atom is 0.251 e. The minimum absolute atomic E-state index is 0. The van der Waals surface area contributed by atoms with Gasteiger partial charge < -0.3 is 10.3 Å². The van der Waals surface area contributed by atoms with Gasteiger partial charge in [0.2, 0.25) is 0 Å². The lowest BCUT2D eigenvalue weighted by atomic mass is 9.80. The number of fused-ring (bicyclic) bond motifs is 2. The van der Waals surface area contributed by atoms with E-state index in [1.165, 1.54) is 17.5 Å². The molecule has 2 aromatic carbocycles. The van der Waals surface area contributed by atoms with E-state index in [4.69, 9.17) is 5.26 Å². The zero-order valence-corrected chi connectivity index (χ0v) is 15.2. The van der Waals surface area contributed by atoms with Crippen LogP contribution in [0.3, 0.4) is 0 Å². The molecule has 1 aromatic heterocycles. The summed E-state index contributed by atoms with van der Waals surface area (Å²) in [5.41, 5.74) is 5.82. The molecule has 3 aromatic rings. The molecule has 1 unspecified atom stereocenters. The van der Waals surface area contributed by atoms with Crippen LogP contribution < -0.4 is 5.32 Å². The molecule has 1 aliphatic rings. The van der Waals surface area contributed by atoms with Crippen LogP contribution in [0.5, 0.6) is 0 Å². The summed E-state index contributed by atoms with van der Waals surface area (Å²) in [5.74, 6) is 0.433. The Morgan fingerprint density at radius 1 is 1.33 bits per heavy atom. The smallest absolute Gasteiger partial charge is 0.251 e. The first-order chi connectivity index (χ1) is 13.2. The second kappa shape index (κ2) is 7.63. The molecular formula is C22H24N4O. The van der Waals surface area contributed by atoms with Gasteiger partial charge in [0, 0.05) is 13.5 Å². The normalized spacial score (nSPS) is 15.9. The Bertz CT molecular complexity index is 1020. The Kier molecular flexibility index (Phi) is 4.88. The van der Waals surface area contributed by atoms with Crippen molar-refractivity contribution in [1.82, 2.24) is 15.3 Å². The lowest BCUT2D eigenvalue weighted by Crippen LogP contribution is -2.25. The number of nitrogens with one attached hydrogen (secondary N) is 2. The fraction of sp³-hybridized carbons (Fsp3) is 0.318. The quantitative estimate of drug-likeness (QED) is 0.665. The third-order valence-corrected chi connectivity index (χ3v) is 5.41. The Hall–Kier alpha value is -3.13. The molecule has 0 saturated carbocycles. The van der Waals surface area contributed by atoms with E-state index >= 15 is 0 Å². The van der Waals surface area contributed by atoms with E-state index in [2.05, 4.69) is 33.5 Å². The highest BCUT2D eigenvalue weighted by molar-refractivity contribution is 5.97. The molecule has 5 heteroatoms. The number of H-pyrrole nitrogens is 1. The van der Waals surface area contributed by atoms with E-state index < -0.39 is 0 Å². The summed E-state index contributed by atoms with van der Waals surface area (Å²) < 4.78 is 0. The van der Waals surface area contributed by atoms with Gasteiger partial charge >= 0.3 is 0 Å². The van der Waals surface area contributed by atoms with Gasteiger partial charge in [0.1, 0.15) is 0 Å². The van der Waals surface area contributed by atoms with Gasteiger partial charge in [-0.3, -0.25) is 4.79 Å². The number of imidazole rings is 1. The summed E-state index contributed by atoms with van der Waals surface area (Å²) in [6.45, 7) is 0.656. The van der Waals surface area contributed by atoms with E-state index in [0.29, 0.717) is 18.0 Å². The summed E-state index contributed by atoms with van der Waals surface area (Å²) >= 11 is 0. The number of carbonyl (C=O) groups is 1. The van der Waals surface area contributed by atoms with Crippen LogP contribution in [0.15, 0.2) is 42.7 Å². The number of benzene rings is 2. The molecule has 0 fully saturated rings. The number of aromatic amines is 1. The molecule has 1 atom stereocenters. The van der Waals surface area contributed by atoms with Crippen LogP contribution in [0.4, 0.5) is 0 Å². The topological polar surface area (TPSA) is 81.6 Å². The van der Waals surface area contributed by atoms with Crippen LogP contribution >= 0.6 is 0 Å². The zero-order chi connectivity index (χ0) is 18.6. The molecular weight excluding hydrogens is 336 g/mol. The number of aryl methyl sites for hydroxylation is 1. The predicted molar refractivity (Wildman–Crippen MR) is 107 cm³/mol. The summed E-state index contributed by atoms with van der Waals surface area (Å²) in [7, 11) is 0. The van der Waals surface area contributed by atoms with Gasteiger partial charge in [-0.25, -0.2) is 4.98 Å². The fourth-order valence-corrected chi connectivity index (χ4v) is 4.00. The summed E-state index contributed by atoms with van der Waals surface area (Å²) in [4.78, 5) is 19.6. The molecule has 1 amide bonds. The molecule has 0 aliphatic heterocycles. The van der Waals surface area contributed by atoms with E-state index in [0.717, 1.165) is 42.3 Å². The van der Waals surface area contributed by atoms with Gasteiger partial charge in [0.25, 0.3) is 5.91 Å². The number of rotatable bonds is 5. The molecule has 4 rings (SSSR count). The second-order valence-electron chi connectivity index (χ2n) is 7.15. The first kappa shape index (κ1) is 17.3. The third-order valence-electron chi connectivity index (χ3n) is 5.41. The Labute approximate surface area is 159 Å². The number of nitriles is 1. The van der Waals surface area contributed by atoms with Crippen LogP contribution in [0.1, 0.15) is 60.1 Å². The molecule has 0 spiro atoms. The van der Waals surface area contributed by atoms with Crippen molar-refractivity contribution in [2.75, 3.05) is 6.54 Å². The molecule has 0 saturated heterocycles. The number of carbonyl (C=O) groups excluding carboxylic acids is 1. The van der Waals surface area contributed by atoms with Crippen molar-refractivity contribution in [2.45, 2.75) is 38.0 Å². The predicted octanol–water partition coefficient (Wildman–Crippen LogP) is 4.31. The Morgan fingerprint density at radius 2 is 2.26 bits per heavy atom. The molecule has 2 N–H and O–H groups in total. The van der Waals surface area contributed by atoms with E-state index in [9.17, 15) is 4.79 Å². The first-order valence-electron chi connectivity index (χ1n) is 9.49. The SMILES string of the molecule is N#Cc1ccc2c(c1)C(CCCNC(=O)c1ccc3nc[nH]c3c1)CCC2.[HH]. The largest absolute Gasteiger partial charge is 0.352 e. The Balaban J connectivity index is 0.00000225. The highest BCUT2D eigenvalue weighted by Gasteiger charge is 2.20. The lowest BCUT2D eigenvalue weighted by molar-refractivity contribution is 0.0953. The monoisotopic (exact) mass is 360 g/mol. The van der Waals surface area contributed by atoms with Crippen molar-refractivity contribution in [1.29, 1.82) is 5.26 Å². The van der Waals surface area contributed by atoms with Crippen molar-refractivity contribution in [2.24, 2.45) is 0 Å². The van der Waals surface area contributed by atoms with Gasteiger partial charge in [0.05, 0.1) is 29.0 Å². The molecule has 5 nitrogen and oxygen atoms in total. The maximum atomic E-state index is 12.4. The summed E-state index contributed by atoms with van der Waals surface area (Å²) in [6.07, 6.45) is 7.05. The van der Waals surface area contributed by atoms with Gasteiger partial charge in [-0.2, -0.15) is 5.26 Å². The zero-order valence-electron chi connectivity index (χ0n) is 15.2. The average Bonchev–Trinajstić information content (AvgIpc) is 3.18. The van der Waals surface area contributed by atoms with Crippen LogP contribution in [-0.4, -0.2) is 22.4 Å². The number of amides is 1. The van der Waals surface area contributed by atoms with Crippen molar-refractivity contribution in [3.8, 4) is 6.07 Å². The van der Waals surface area contributed by atoms with E-state index in [-0.39, 0.29) is 7.33 Å². The van der Waals surface area contributed by atoms with Crippen molar-refractivity contribution in [3.05, 3.63) is 65.0 Å². The number of hydrogen-bond donors (Lipinski definition) is 2. The fourth-order valence-electron chi connectivity index (χ4n) is 4.00. The van der Waals surface area contributed by atoms with Gasteiger partial charge in [-0.15, -0.1) is 0 Å². The molecule has 138 valence electrons. The highest BCUT2D eigenvalue weighted by atomic mass is 16.1. The van der Waals surface area contributed by atoms with Crippen LogP contribution in [0, 0.1) is 11.3 Å². The molecule has 27 heavy (non-hydrogen) atoms. The molecule has 0 radical (unpaired) electrons. The van der Waals surface area contributed by atoms with Gasteiger partial charge in [-0.05, 0) is 79.5 Å². The number of hydrogen-bond acceptors (Lipinski definition) is 3. The standard InChI is InChI=1S/C22H22N4O.H2/c23-13-15-6-7-17-4-1-3-16(19(17)11-15)5-2-10-24-22(27)18-8-9-20-21(12-18)26-14-25-20;/h6-9,11-12,14,16H,1-5,10H2,(H,24,27)(H,25,26);1H. The minimum atomic E-state index is -0.0534. The summed E-state index contributed by atoms with van der Waals surface area (Å²) in [5, 5.41) is 12.2. The van der Waals surface area contributed by atoms with Crippen molar-refractivity contribution >= 4 is 16.9 Å². The minimum Gasteiger partial charge on any atom is -0.352 e. The van der Waals surface area contributed by atoms with Crippen LogP contribution in [0.2, 0.25) is 0 Å². The third kappa shape index (κ3) is 3.70. The second-order valence-corrected chi connectivity index (χ2v) is 7.15. The molecule has 1 aliphatic carbocycles. The van der Waals surface area contributed by atoms with E-state index in [1.54, 1.807) is 12.4 Å². The van der Waals surface area contributed by atoms with Crippen LogP contribution in [0.25, 0.3) is 11.0 Å². The van der Waals surface area contributed by atoms with Gasteiger partial charge in [-0.1, -0.05) is 6.07 Å². The highest BCUT2D eigenvalue weighted by Crippen LogP contribution is 2.35. The average molecular weight is 360 g/mol. The van der Waals surface area contributed by atoms with Crippen molar-refractivity contribution < 1.29 is 6.22 Å².